The van der Waals surface area contributed by atoms with Gasteiger partial charge in [-0.2, -0.15) is 0 Å². The molecule has 4 aliphatic rings. The molecule has 2 atom stereocenters. The molecule has 4 fully saturated rings. The van der Waals surface area contributed by atoms with Crippen LogP contribution in [0, 0.1) is 41.5 Å². The average molecular weight is 847 g/mol. The second-order valence-electron chi connectivity index (χ2n) is 16.1. The second-order valence-corrected chi connectivity index (χ2v) is 19.7. The minimum atomic E-state index is 0. The van der Waals surface area contributed by atoms with E-state index in [9.17, 15) is 0 Å². The number of anilines is 1. The molecule has 3 aromatic carbocycles. The Labute approximate surface area is 340 Å². The summed E-state index contributed by atoms with van der Waals surface area (Å²) in [6.07, 6.45) is 20.6. The monoisotopic (exact) mass is 846 g/mol. The molecular formula is C46H63Cl2N2PRu. The minimum absolute atomic E-state index is 0. The summed E-state index contributed by atoms with van der Waals surface area (Å²) in [5.74, 6) is 1.47. The van der Waals surface area contributed by atoms with E-state index in [2.05, 4.69) is 106 Å². The van der Waals surface area contributed by atoms with Gasteiger partial charge in [-0.3, -0.25) is 0 Å². The zero-order chi connectivity index (χ0) is 35.2. The van der Waals surface area contributed by atoms with E-state index in [1.807, 2.05) is 22.8 Å². The molecule has 2 nitrogen and oxygen atoms in total. The van der Waals surface area contributed by atoms with Crippen LogP contribution in [0.2, 0.25) is 0 Å². The molecule has 284 valence electrons. The predicted octanol–water partition coefficient (Wildman–Crippen LogP) is 6.38. The number of hydrogen-bond acceptors (Lipinski definition) is 2. The molecule has 2 unspecified atom stereocenters. The first kappa shape index (κ1) is 43.2. The third-order valence-corrected chi connectivity index (χ3v) is 16.7. The van der Waals surface area contributed by atoms with Gasteiger partial charge < -0.3 is 35.0 Å². The number of nitrogens with one attached hydrogen (secondary N) is 1. The summed E-state index contributed by atoms with van der Waals surface area (Å²) in [7, 11) is 0.109. The Morgan fingerprint density at radius 3 is 1.65 bits per heavy atom. The first-order valence-electron chi connectivity index (χ1n) is 19.9. The van der Waals surface area contributed by atoms with Crippen LogP contribution in [0.25, 0.3) is 0 Å². The molecule has 0 aromatic heterocycles. The molecule has 7 rings (SSSR count). The fourth-order valence-electron chi connectivity index (χ4n) is 10.3. The molecule has 0 radical (unpaired) electrons. The SMILES string of the molecule is Cc1cc(C)c(C2CNC(=C3CCCC(P(C4CCCCC4)C4CCCCC4)C3)N2c2c(C)cc(C)cc2C)c(C)c1.[Cl-].[Cl-].[Ru+2]=[CH]c1ccccc1. The van der Waals surface area contributed by atoms with Crippen molar-refractivity contribution in [2.45, 2.75) is 154 Å². The van der Waals surface area contributed by atoms with Crippen LogP contribution < -0.4 is 35.0 Å². The average Bonchev–Trinajstić information content (AvgIpc) is 3.53. The molecule has 52 heavy (non-hydrogen) atoms. The van der Waals surface area contributed by atoms with Crippen molar-refractivity contribution in [3.63, 3.8) is 0 Å². The van der Waals surface area contributed by atoms with Gasteiger partial charge in [0.1, 0.15) is 5.82 Å². The van der Waals surface area contributed by atoms with Gasteiger partial charge in [-0.15, -0.1) is 0 Å². The number of halogens is 2. The third kappa shape index (κ3) is 10.2. The van der Waals surface area contributed by atoms with E-state index in [1.54, 1.807) is 5.57 Å². The molecular weight excluding hydrogens is 783 g/mol. The molecule has 1 N–H and O–H groups in total. The van der Waals surface area contributed by atoms with E-state index in [-0.39, 0.29) is 32.7 Å². The molecule has 1 saturated heterocycles. The van der Waals surface area contributed by atoms with E-state index < -0.39 is 0 Å². The number of benzene rings is 3. The van der Waals surface area contributed by atoms with Crippen molar-refractivity contribution < 1.29 is 42.7 Å². The van der Waals surface area contributed by atoms with Crippen molar-refractivity contribution in [2.75, 3.05) is 11.4 Å². The summed E-state index contributed by atoms with van der Waals surface area (Å²) in [6.45, 7) is 14.9. The predicted molar refractivity (Wildman–Crippen MR) is 216 cm³/mol. The number of hydrogen-bond donors (Lipinski definition) is 1. The van der Waals surface area contributed by atoms with Crippen LogP contribution in [-0.4, -0.2) is 28.1 Å². The maximum atomic E-state index is 4.09. The molecule has 1 heterocycles. The molecule has 0 amide bonds. The Morgan fingerprint density at radius 2 is 1.15 bits per heavy atom. The second kappa shape index (κ2) is 20.4. The van der Waals surface area contributed by atoms with E-state index in [0.29, 0.717) is 6.04 Å². The van der Waals surface area contributed by atoms with Crippen LogP contribution in [0.5, 0.6) is 0 Å². The van der Waals surface area contributed by atoms with Crippen LogP contribution in [0.15, 0.2) is 66.0 Å². The van der Waals surface area contributed by atoms with Gasteiger partial charge in [-0.05, 0) is 143 Å². The zero-order valence-electron chi connectivity index (χ0n) is 32.7. The van der Waals surface area contributed by atoms with Crippen LogP contribution in [0.1, 0.15) is 140 Å². The molecule has 3 saturated carbocycles. The normalized spacial score (nSPS) is 22.5. The molecule has 0 bridgehead atoms. The fourth-order valence-corrected chi connectivity index (χ4v) is 15.2. The number of allylic oxidation sites excluding steroid dienone is 1. The Hall–Kier alpha value is -1.50. The number of nitrogens with zero attached hydrogens (tertiary/aromatic N) is 1. The Balaban J connectivity index is 0.000000537. The van der Waals surface area contributed by atoms with Crippen LogP contribution in [-0.2, 0) is 17.9 Å². The van der Waals surface area contributed by atoms with Crippen molar-refractivity contribution in [3.8, 4) is 0 Å². The van der Waals surface area contributed by atoms with Gasteiger partial charge in [-0.1, -0.05) is 81.8 Å². The van der Waals surface area contributed by atoms with Crippen LogP contribution in [0.4, 0.5) is 5.69 Å². The van der Waals surface area contributed by atoms with Crippen molar-refractivity contribution in [2.24, 2.45) is 0 Å². The van der Waals surface area contributed by atoms with Gasteiger partial charge in [0.2, 0.25) is 0 Å². The topological polar surface area (TPSA) is 15.3 Å². The standard InChI is InChI=1S/C39H57N2P.C7H6.2ClH.Ru/c1-26-20-28(3)37(29(4)21-26)36-25-40-39(41(36)38-30(5)22-27(2)23-31(38)6)32-14-13-19-35(24-32)42(33-15-9-7-10-16-33)34-17-11-8-12-18-34;1-7-5-3-2-4-6-7;;;/h20-23,33-36,40H,7-19,24-25H2,1-6H3;1-6H;2*1H;/q;;;;+2/p-2. The van der Waals surface area contributed by atoms with E-state index >= 15 is 0 Å². The van der Waals surface area contributed by atoms with Crippen molar-refractivity contribution in [3.05, 3.63) is 110 Å². The van der Waals surface area contributed by atoms with E-state index in [4.69, 9.17) is 0 Å². The van der Waals surface area contributed by atoms with E-state index in [0.717, 1.165) is 23.5 Å². The molecule has 1 aliphatic heterocycles. The van der Waals surface area contributed by atoms with Gasteiger partial charge in [0, 0.05) is 12.2 Å². The first-order valence-corrected chi connectivity index (χ1v) is 22.5. The Kier molecular flexibility index (Phi) is 17.0. The summed E-state index contributed by atoms with van der Waals surface area (Å²) in [4.78, 5) is 2.79. The summed E-state index contributed by atoms with van der Waals surface area (Å²) < 4.78 is 2.01. The first-order chi connectivity index (χ1) is 24.2. The molecule has 6 heteroatoms. The zero-order valence-corrected chi connectivity index (χ0v) is 36.8. The van der Waals surface area contributed by atoms with Gasteiger partial charge >= 0.3 is 58.4 Å². The van der Waals surface area contributed by atoms with E-state index in [1.165, 1.54) is 146 Å². The molecule has 3 aliphatic carbocycles. The van der Waals surface area contributed by atoms with Crippen LogP contribution in [0.3, 0.4) is 0 Å². The van der Waals surface area contributed by atoms with Gasteiger partial charge in [-0.25, -0.2) is 0 Å². The van der Waals surface area contributed by atoms with Gasteiger partial charge in [0.05, 0.1) is 6.04 Å². The van der Waals surface area contributed by atoms with Crippen molar-refractivity contribution >= 4 is 18.2 Å². The van der Waals surface area contributed by atoms with Crippen molar-refractivity contribution in [1.29, 1.82) is 0 Å². The number of aryl methyl sites for hydroxylation is 6. The van der Waals surface area contributed by atoms with Gasteiger partial charge in [0.15, 0.2) is 0 Å². The summed E-state index contributed by atoms with van der Waals surface area (Å²) in [6, 6.07) is 20.2. The van der Waals surface area contributed by atoms with Gasteiger partial charge in [0.25, 0.3) is 0 Å². The van der Waals surface area contributed by atoms with Crippen molar-refractivity contribution in [1.82, 2.24) is 5.32 Å². The summed E-state index contributed by atoms with van der Waals surface area (Å²) >= 11 is 2.48. The summed E-state index contributed by atoms with van der Waals surface area (Å²) in [5.41, 5.74) is 17.5. The maximum absolute atomic E-state index is 4.09. The molecule has 3 aromatic rings. The molecule has 0 spiro atoms. The summed E-state index contributed by atoms with van der Waals surface area (Å²) in [5, 5.41) is 4.09. The number of rotatable bonds is 6. The van der Waals surface area contributed by atoms with Crippen LogP contribution >= 0.6 is 7.92 Å². The Bertz CT molecular complexity index is 1580. The fraction of sp³-hybridized carbons (Fsp3) is 0.543. The quantitative estimate of drug-likeness (QED) is 0.229. The Morgan fingerprint density at radius 1 is 0.654 bits per heavy atom. The third-order valence-electron chi connectivity index (χ3n) is 12.1.